The number of anilines is 3. The normalized spacial score (nSPS) is 11.7. The predicted octanol–water partition coefficient (Wildman–Crippen LogP) is 17.5. The van der Waals surface area contributed by atoms with Crippen molar-refractivity contribution in [2.45, 2.75) is 0 Å². The highest BCUT2D eigenvalue weighted by atomic mass is 16.3. The third-order valence-electron chi connectivity index (χ3n) is 13.2. The molecule has 0 N–H and O–H groups in total. The van der Waals surface area contributed by atoms with E-state index >= 15 is 0 Å². The monoisotopic (exact) mass is 828 g/mol. The van der Waals surface area contributed by atoms with Crippen LogP contribution in [0, 0.1) is 0 Å². The van der Waals surface area contributed by atoms with Crippen LogP contribution in [0.1, 0.15) is 0 Å². The summed E-state index contributed by atoms with van der Waals surface area (Å²) < 4.78 is 9.00. The summed E-state index contributed by atoms with van der Waals surface area (Å²) in [4.78, 5) is 2.39. The maximum absolute atomic E-state index is 6.59. The van der Waals surface area contributed by atoms with E-state index in [0.29, 0.717) is 0 Å². The van der Waals surface area contributed by atoms with Gasteiger partial charge in [-0.15, -0.1) is 0 Å². The molecule has 0 atom stereocenters. The molecule has 0 saturated heterocycles. The van der Waals surface area contributed by atoms with E-state index in [2.05, 4.69) is 252 Å². The fraction of sp³-hybridized carbons (Fsp3) is 0. The lowest BCUT2D eigenvalue weighted by Crippen LogP contribution is -2.11. The van der Waals surface area contributed by atoms with Crippen molar-refractivity contribution >= 4 is 82.4 Å². The molecule has 304 valence electrons. The van der Waals surface area contributed by atoms with Gasteiger partial charge in [-0.3, -0.25) is 0 Å². The maximum atomic E-state index is 6.59. The minimum absolute atomic E-state index is 0.892. The lowest BCUT2D eigenvalue weighted by molar-refractivity contribution is 0.673. The lowest BCUT2D eigenvalue weighted by atomic mass is 9.98. The Bertz CT molecular complexity index is 3900. The van der Waals surface area contributed by atoms with E-state index in [-0.39, 0.29) is 0 Å². The molecular weight excluding hydrogens is 789 g/mol. The summed E-state index contributed by atoms with van der Waals surface area (Å²) in [6, 6.07) is 87.7. The van der Waals surface area contributed by atoms with Gasteiger partial charge in [0.1, 0.15) is 11.2 Å². The second kappa shape index (κ2) is 15.0. The molecule has 0 unspecified atom stereocenters. The van der Waals surface area contributed by atoms with E-state index < -0.39 is 0 Å². The molecule has 0 bridgehead atoms. The zero-order valence-corrected chi connectivity index (χ0v) is 35.4. The molecule has 0 aliphatic carbocycles. The number of furan rings is 1. The summed E-state index contributed by atoms with van der Waals surface area (Å²) in [7, 11) is 0. The summed E-state index contributed by atoms with van der Waals surface area (Å²) in [6.07, 6.45) is 0. The molecule has 11 aromatic carbocycles. The second-order valence-electron chi connectivity index (χ2n) is 16.9. The molecule has 13 rings (SSSR count). The van der Waals surface area contributed by atoms with Crippen molar-refractivity contribution < 1.29 is 4.42 Å². The molecule has 65 heavy (non-hydrogen) atoms. The Kier molecular flexibility index (Phi) is 8.53. The number of hydrogen-bond donors (Lipinski definition) is 0. The second-order valence-corrected chi connectivity index (χ2v) is 16.9. The van der Waals surface area contributed by atoms with Gasteiger partial charge in [-0.2, -0.15) is 0 Å². The molecule has 0 radical (unpaired) electrons. The smallest absolute Gasteiger partial charge is 0.143 e. The Labute approximate surface area is 376 Å². The number of aromatic nitrogens is 1. The first-order valence-corrected chi connectivity index (χ1v) is 22.2. The van der Waals surface area contributed by atoms with Crippen LogP contribution in [0.5, 0.6) is 0 Å². The molecular formula is C62H40N2O. The van der Waals surface area contributed by atoms with Crippen molar-refractivity contribution in [1.29, 1.82) is 0 Å². The Balaban J connectivity index is 0.926. The van der Waals surface area contributed by atoms with Gasteiger partial charge in [0, 0.05) is 49.4 Å². The van der Waals surface area contributed by atoms with Crippen LogP contribution in [0.15, 0.2) is 247 Å². The molecule has 2 heterocycles. The molecule has 2 aromatic heterocycles. The zero-order valence-electron chi connectivity index (χ0n) is 35.4. The summed E-state index contributed by atoms with van der Waals surface area (Å²) in [6.45, 7) is 0. The number of rotatable bonds is 7. The highest BCUT2D eigenvalue weighted by molar-refractivity contribution is 6.15. The first-order valence-electron chi connectivity index (χ1n) is 22.2. The molecule has 13 aromatic rings. The number of benzene rings is 11. The van der Waals surface area contributed by atoms with Crippen molar-refractivity contribution in [1.82, 2.24) is 4.57 Å². The van der Waals surface area contributed by atoms with E-state index in [1.54, 1.807) is 0 Å². The Morgan fingerprint density at radius 2 is 0.862 bits per heavy atom. The van der Waals surface area contributed by atoms with Crippen molar-refractivity contribution in [3.8, 4) is 39.1 Å². The number of para-hydroxylation sites is 4. The van der Waals surface area contributed by atoms with Gasteiger partial charge in [0.15, 0.2) is 0 Å². The van der Waals surface area contributed by atoms with Crippen LogP contribution in [0.4, 0.5) is 17.1 Å². The third kappa shape index (κ3) is 6.12. The van der Waals surface area contributed by atoms with Gasteiger partial charge in [0.05, 0.1) is 22.4 Å². The summed E-state index contributed by atoms with van der Waals surface area (Å²) in [5, 5.41) is 9.54. The highest BCUT2D eigenvalue weighted by Crippen LogP contribution is 2.44. The topological polar surface area (TPSA) is 21.3 Å². The fourth-order valence-corrected chi connectivity index (χ4v) is 10.1. The van der Waals surface area contributed by atoms with Gasteiger partial charge >= 0.3 is 0 Å². The Morgan fingerprint density at radius 1 is 0.323 bits per heavy atom. The summed E-state index contributed by atoms with van der Waals surface area (Å²) in [5.74, 6) is 0. The number of hydrogen-bond acceptors (Lipinski definition) is 2. The van der Waals surface area contributed by atoms with Gasteiger partial charge in [0.25, 0.3) is 0 Å². The lowest BCUT2D eigenvalue weighted by Gasteiger charge is -2.28. The van der Waals surface area contributed by atoms with Crippen LogP contribution in [0.2, 0.25) is 0 Å². The molecule has 0 amide bonds. The first-order chi connectivity index (χ1) is 32.2. The van der Waals surface area contributed by atoms with Gasteiger partial charge in [0.2, 0.25) is 0 Å². The van der Waals surface area contributed by atoms with Gasteiger partial charge in [-0.05, 0) is 111 Å². The molecule has 0 spiro atoms. The quantitative estimate of drug-likeness (QED) is 0.160. The van der Waals surface area contributed by atoms with Crippen molar-refractivity contribution in [3.05, 3.63) is 243 Å². The molecule has 0 aliphatic rings. The van der Waals surface area contributed by atoms with E-state index in [0.717, 1.165) is 72.3 Å². The average molecular weight is 829 g/mol. The minimum Gasteiger partial charge on any atom is -0.455 e. The van der Waals surface area contributed by atoms with Gasteiger partial charge < -0.3 is 13.9 Å². The number of fused-ring (bicyclic) bond motifs is 9. The van der Waals surface area contributed by atoms with Crippen molar-refractivity contribution in [2.24, 2.45) is 0 Å². The van der Waals surface area contributed by atoms with Gasteiger partial charge in [-0.25, -0.2) is 0 Å². The standard InChI is InChI=1S/C62H40N2O/c1-2-15-45-39-47(26-25-41(45)13-1)51-17-6-9-21-57(51)63(48-33-27-42(28-34-48)46-32-37-55-56-38-31-43-14-3-4-18-52(43)62(56)65-61(55)40-46)49-35-29-44(30-36-49)50-16-5-10-22-58(50)64-59-23-11-7-19-53(59)54-20-8-12-24-60(54)64/h1-40H. The molecule has 0 aliphatic heterocycles. The largest absolute Gasteiger partial charge is 0.455 e. The average Bonchev–Trinajstić information content (AvgIpc) is 3.93. The van der Waals surface area contributed by atoms with Crippen LogP contribution in [0.3, 0.4) is 0 Å². The minimum atomic E-state index is 0.892. The fourth-order valence-electron chi connectivity index (χ4n) is 10.1. The zero-order chi connectivity index (χ0) is 42.8. The first kappa shape index (κ1) is 36.9. The van der Waals surface area contributed by atoms with E-state index in [1.165, 1.54) is 49.1 Å². The van der Waals surface area contributed by atoms with E-state index in [9.17, 15) is 0 Å². The maximum Gasteiger partial charge on any atom is 0.143 e. The van der Waals surface area contributed by atoms with Crippen LogP contribution in [-0.4, -0.2) is 4.57 Å². The Hall–Kier alpha value is -8.66. The van der Waals surface area contributed by atoms with Crippen molar-refractivity contribution in [3.63, 3.8) is 0 Å². The molecule has 0 saturated carbocycles. The third-order valence-corrected chi connectivity index (χ3v) is 13.2. The van der Waals surface area contributed by atoms with Crippen LogP contribution in [-0.2, 0) is 0 Å². The summed E-state index contributed by atoms with van der Waals surface area (Å²) in [5.41, 5.74) is 15.5. The Morgan fingerprint density at radius 3 is 1.62 bits per heavy atom. The van der Waals surface area contributed by atoms with Crippen LogP contribution < -0.4 is 4.90 Å². The van der Waals surface area contributed by atoms with Crippen LogP contribution in [0.25, 0.3) is 104 Å². The van der Waals surface area contributed by atoms with Gasteiger partial charge in [-0.1, -0.05) is 170 Å². The van der Waals surface area contributed by atoms with Crippen LogP contribution >= 0.6 is 0 Å². The number of nitrogens with zero attached hydrogens (tertiary/aromatic N) is 2. The summed E-state index contributed by atoms with van der Waals surface area (Å²) >= 11 is 0. The molecule has 3 nitrogen and oxygen atoms in total. The van der Waals surface area contributed by atoms with Crippen molar-refractivity contribution in [2.75, 3.05) is 4.90 Å². The van der Waals surface area contributed by atoms with E-state index in [4.69, 9.17) is 4.42 Å². The molecule has 3 heteroatoms. The van der Waals surface area contributed by atoms with E-state index in [1.807, 2.05) is 0 Å². The molecule has 0 fully saturated rings. The predicted molar refractivity (Wildman–Crippen MR) is 274 cm³/mol. The highest BCUT2D eigenvalue weighted by Gasteiger charge is 2.20. The SMILES string of the molecule is c1ccc(N(c2ccc(-c3ccc4c(c3)oc3c5ccccc5ccc43)cc2)c2ccc(-c3ccccc3-n3c4ccccc4c4ccccc43)cc2)c(-c2ccc3ccccc3c2)c1.